The summed E-state index contributed by atoms with van der Waals surface area (Å²) in [4.78, 5) is 12.4. The molecule has 0 saturated heterocycles. The van der Waals surface area contributed by atoms with Crippen LogP contribution >= 0.6 is 0 Å². The van der Waals surface area contributed by atoms with Gasteiger partial charge in [0.15, 0.2) is 11.5 Å². The average Bonchev–Trinajstić information content (AvgIpc) is 3.35. The quantitative estimate of drug-likeness (QED) is 0.883. The maximum atomic E-state index is 12.4. The van der Waals surface area contributed by atoms with E-state index in [2.05, 4.69) is 17.4 Å². The Balaban J connectivity index is 1.36. The normalized spacial score (nSPS) is 16.7. The summed E-state index contributed by atoms with van der Waals surface area (Å²) in [6.07, 6.45) is 3.58. The number of carbonyl (C=O) groups excluding carboxylic acids is 1. The molecule has 4 heteroatoms. The first kappa shape index (κ1) is 15.1. The molecule has 1 amide bonds. The molecule has 4 rings (SSSR count). The van der Waals surface area contributed by atoms with E-state index in [-0.39, 0.29) is 18.7 Å². The molecule has 1 unspecified atom stereocenters. The van der Waals surface area contributed by atoms with Crippen molar-refractivity contribution in [2.24, 2.45) is 5.92 Å². The Hall–Kier alpha value is -2.49. The highest BCUT2D eigenvalue weighted by molar-refractivity contribution is 5.76. The molecule has 1 aliphatic heterocycles. The Morgan fingerprint density at radius 1 is 1.08 bits per heavy atom. The predicted octanol–water partition coefficient (Wildman–Crippen LogP) is 3.62. The largest absolute Gasteiger partial charge is 0.454 e. The Morgan fingerprint density at radius 2 is 1.88 bits per heavy atom. The molecule has 0 bridgehead atoms. The van der Waals surface area contributed by atoms with Gasteiger partial charge in [-0.25, -0.2) is 0 Å². The second-order valence-electron chi connectivity index (χ2n) is 6.48. The molecular formula is C20H21NO3. The Kier molecular flexibility index (Phi) is 4.11. The van der Waals surface area contributed by atoms with Crippen LogP contribution in [-0.2, 0) is 11.2 Å². The van der Waals surface area contributed by atoms with Gasteiger partial charge in [-0.15, -0.1) is 0 Å². The molecule has 1 fully saturated rings. The second-order valence-corrected chi connectivity index (χ2v) is 6.48. The van der Waals surface area contributed by atoms with Gasteiger partial charge in [0.1, 0.15) is 0 Å². The number of fused-ring (bicyclic) bond motifs is 1. The van der Waals surface area contributed by atoms with Crippen molar-refractivity contribution in [2.75, 3.05) is 6.79 Å². The predicted molar refractivity (Wildman–Crippen MR) is 90.9 cm³/mol. The van der Waals surface area contributed by atoms with Crippen LogP contribution in [0.15, 0.2) is 48.5 Å². The van der Waals surface area contributed by atoms with Crippen molar-refractivity contribution in [3.05, 3.63) is 59.7 Å². The maximum Gasteiger partial charge on any atom is 0.231 e. The molecule has 2 aromatic carbocycles. The van der Waals surface area contributed by atoms with E-state index in [1.807, 2.05) is 36.4 Å². The average molecular weight is 323 g/mol. The van der Waals surface area contributed by atoms with E-state index in [0.29, 0.717) is 18.8 Å². The smallest absolute Gasteiger partial charge is 0.231 e. The van der Waals surface area contributed by atoms with Gasteiger partial charge in [0.25, 0.3) is 0 Å². The monoisotopic (exact) mass is 323 g/mol. The molecule has 124 valence electrons. The molecule has 1 heterocycles. The SMILES string of the molecule is O=C(CCc1ccc2c(c1)OCO2)NC(c1ccccc1)C1CC1. The third-order valence-electron chi connectivity index (χ3n) is 4.65. The minimum atomic E-state index is 0.105. The van der Waals surface area contributed by atoms with Gasteiger partial charge in [-0.3, -0.25) is 4.79 Å². The van der Waals surface area contributed by atoms with Crippen molar-refractivity contribution in [1.82, 2.24) is 5.32 Å². The van der Waals surface area contributed by atoms with Gasteiger partial charge in [0.2, 0.25) is 12.7 Å². The van der Waals surface area contributed by atoms with Crippen LogP contribution < -0.4 is 14.8 Å². The van der Waals surface area contributed by atoms with E-state index in [1.165, 1.54) is 18.4 Å². The molecule has 1 saturated carbocycles. The highest BCUT2D eigenvalue weighted by Crippen LogP contribution is 2.41. The van der Waals surface area contributed by atoms with Crippen molar-refractivity contribution in [1.29, 1.82) is 0 Å². The van der Waals surface area contributed by atoms with Crippen LogP contribution in [-0.4, -0.2) is 12.7 Å². The summed E-state index contributed by atoms with van der Waals surface area (Å²) in [5.74, 6) is 2.24. The van der Waals surface area contributed by atoms with Crippen LogP contribution in [0.1, 0.15) is 36.4 Å². The van der Waals surface area contributed by atoms with Crippen LogP contribution in [0, 0.1) is 5.92 Å². The third kappa shape index (κ3) is 3.37. The van der Waals surface area contributed by atoms with Crippen LogP contribution in [0.4, 0.5) is 0 Å². The topological polar surface area (TPSA) is 47.6 Å². The first-order valence-electron chi connectivity index (χ1n) is 8.52. The molecule has 1 atom stereocenters. The van der Waals surface area contributed by atoms with E-state index in [9.17, 15) is 4.79 Å². The Morgan fingerprint density at radius 3 is 2.67 bits per heavy atom. The number of rotatable bonds is 6. The van der Waals surface area contributed by atoms with Gasteiger partial charge in [-0.1, -0.05) is 36.4 Å². The number of hydrogen-bond acceptors (Lipinski definition) is 3. The number of amides is 1. The molecule has 0 spiro atoms. The lowest BCUT2D eigenvalue weighted by Crippen LogP contribution is -2.30. The summed E-state index contributed by atoms with van der Waals surface area (Å²) < 4.78 is 10.7. The lowest BCUT2D eigenvalue weighted by Gasteiger charge is -2.19. The number of hydrogen-bond donors (Lipinski definition) is 1. The van der Waals surface area contributed by atoms with E-state index in [0.717, 1.165) is 17.1 Å². The van der Waals surface area contributed by atoms with Gasteiger partial charge in [0.05, 0.1) is 6.04 Å². The van der Waals surface area contributed by atoms with Crippen LogP contribution in [0.2, 0.25) is 0 Å². The molecule has 2 aromatic rings. The standard InChI is InChI=1S/C20H21NO3/c22-19(11-7-14-6-10-17-18(12-14)24-13-23-17)21-20(16-8-9-16)15-4-2-1-3-5-15/h1-6,10,12,16,20H,7-9,11,13H2,(H,21,22). The highest BCUT2D eigenvalue weighted by atomic mass is 16.7. The van der Waals surface area contributed by atoms with Crippen LogP contribution in [0.25, 0.3) is 0 Å². The Labute approximate surface area is 141 Å². The molecule has 1 aliphatic carbocycles. The zero-order valence-electron chi connectivity index (χ0n) is 13.5. The minimum Gasteiger partial charge on any atom is -0.454 e. The summed E-state index contributed by atoms with van der Waals surface area (Å²) in [5, 5.41) is 3.22. The van der Waals surface area contributed by atoms with E-state index >= 15 is 0 Å². The van der Waals surface area contributed by atoms with E-state index in [1.54, 1.807) is 0 Å². The summed E-state index contributed by atoms with van der Waals surface area (Å²) >= 11 is 0. The molecule has 4 nitrogen and oxygen atoms in total. The van der Waals surface area contributed by atoms with Crippen molar-refractivity contribution in [3.8, 4) is 11.5 Å². The summed E-state index contributed by atoms with van der Waals surface area (Å²) in [6, 6.07) is 16.3. The summed E-state index contributed by atoms with van der Waals surface area (Å²) in [5.41, 5.74) is 2.30. The number of carbonyl (C=O) groups is 1. The fourth-order valence-electron chi connectivity index (χ4n) is 3.16. The van der Waals surface area contributed by atoms with Crippen molar-refractivity contribution in [2.45, 2.75) is 31.7 Å². The molecule has 0 aromatic heterocycles. The number of benzene rings is 2. The van der Waals surface area contributed by atoms with Crippen molar-refractivity contribution < 1.29 is 14.3 Å². The van der Waals surface area contributed by atoms with Crippen LogP contribution in [0.5, 0.6) is 11.5 Å². The first-order valence-corrected chi connectivity index (χ1v) is 8.52. The second kappa shape index (κ2) is 6.56. The van der Waals surface area contributed by atoms with Crippen LogP contribution in [0.3, 0.4) is 0 Å². The lowest BCUT2D eigenvalue weighted by molar-refractivity contribution is -0.122. The molecule has 2 aliphatic rings. The van der Waals surface area contributed by atoms with Crippen molar-refractivity contribution >= 4 is 5.91 Å². The summed E-state index contributed by atoms with van der Waals surface area (Å²) in [6.45, 7) is 0.277. The van der Waals surface area contributed by atoms with Gasteiger partial charge >= 0.3 is 0 Å². The maximum absolute atomic E-state index is 12.4. The molecule has 0 radical (unpaired) electrons. The number of aryl methyl sites for hydroxylation is 1. The minimum absolute atomic E-state index is 0.105. The Bertz CT molecular complexity index is 725. The number of nitrogens with one attached hydrogen (secondary N) is 1. The molecular weight excluding hydrogens is 302 g/mol. The van der Waals surface area contributed by atoms with Gasteiger partial charge in [0, 0.05) is 6.42 Å². The molecule has 1 N–H and O–H groups in total. The van der Waals surface area contributed by atoms with E-state index in [4.69, 9.17) is 9.47 Å². The fourth-order valence-corrected chi connectivity index (χ4v) is 3.16. The fraction of sp³-hybridized carbons (Fsp3) is 0.350. The van der Waals surface area contributed by atoms with Gasteiger partial charge < -0.3 is 14.8 Å². The first-order chi connectivity index (χ1) is 11.8. The van der Waals surface area contributed by atoms with Gasteiger partial charge in [-0.05, 0) is 48.4 Å². The third-order valence-corrected chi connectivity index (χ3v) is 4.65. The van der Waals surface area contributed by atoms with Crippen molar-refractivity contribution in [3.63, 3.8) is 0 Å². The molecule has 24 heavy (non-hydrogen) atoms. The van der Waals surface area contributed by atoms with E-state index < -0.39 is 0 Å². The lowest BCUT2D eigenvalue weighted by atomic mass is 10.0. The highest BCUT2D eigenvalue weighted by Gasteiger charge is 2.33. The number of ether oxygens (including phenoxy) is 2. The van der Waals surface area contributed by atoms with Gasteiger partial charge in [-0.2, -0.15) is 0 Å². The zero-order valence-corrected chi connectivity index (χ0v) is 13.5. The summed E-state index contributed by atoms with van der Waals surface area (Å²) in [7, 11) is 0. The zero-order chi connectivity index (χ0) is 16.4.